The number of aryl methyl sites for hydroxylation is 1. The topological polar surface area (TPSA) is 72.5 Å². The number of nitrogens with one attached hydrogen (secondary N) is 1. The van der Waals surface area contributed by atoms with E-state index < -0.39 is 10.0 Å². The van der Waals surface area contributed by atoms with Gasteiger partial charge in [0.1, 0.15) is 0 Å². The van der Waals surface area contributed by atoms with E-state index in [0.717, 1.165) is 49.7 Å². The lowest BCUT2D eigenvalue weighted by molar-refractivity contribution is 0.0602. The lowest BCUT2D eigenvalue weighted by atomic mass is 10.0. The summed E-state index contributed by atoms with van der Waals surface area (Å²) >= 11 is 0. The van der Waals surface area contributed by atoms with Crippen LogP contribution in [0.4, 0.5) is 0 Å². The van der Waals surface area contributed by atoms with Crippen LogP contribution in [0.1, 0.15) is 73.4 Å². The van der Waals surface area contributed by atoms with Gasteiger partial charge in [0.2, 0.25) is 10.0 Å². The van der Waals surface area contributed by atoms with E-state index in [2.05, 4.69) is 36.8 Å². The molecule has 0 saturated heterocycles. The molecule has 0 amide bonds. The molecular formula is C28H35NO4S. The summed E-state index contributed by atoms with van der Waals surface area (Å²) in [5, 5.41) is 0. The quantitative estimate of drug-likeness (QED) is 0.248. The summed E-state index contributed by atoms with van der Waals surface area (Å²) in [4.78, 5) is 12.6. The number of unbranched alkanes of at least 4 members (excludes halogenated alkanes) is 4. The molecular weight excluding hydrogens is 446 g/mol. The van der Waals surface area contributed by atoms with Crippen LogP contribution >= 0.6 is 0 Å². The molecule has 1 aromatic rings. The van der Waals surface area contributed by atoms with Gasteiger partial charge in [-0.3, -0.25) is 0 Å². The third kappa shape index (κ3) is 6.67. The van der Waals surface area contributed by atoms with Crippen LogP contribution < -0.4 is 4.72 Å². The highest BCUT2D eigenvalue weighted by molar-refractivity contribution is 7.89. The van der Waals surface area contributed by atoms with Crippen LogP contribution in [0.3, 0.4) is 0 Å². The molecule has 34 heavy (non-hydrogen) atoms. The van der Waals surface area contributed by atoms with E-state index in [-0.39, 0.29) is 5.97 Å². The van der Waals surface area contributed by atoms with Crippen molar-refractivity contribution in [3.8, 4) is 11.1 Å². The fraction of sp³-hybridized carbons (Fsp3) is 0.393. The highest BCUT2D eigenvalue weighted by atomic mass is 32.2. The monoisotopic (exact) mass is 481 g/mol. The van der Waals surface area contributed by atoms with Gasteiger partial charge < -0.3 is 4.74 Å². The summed E-state index contributed by atoms with van der Waals surface area (Å²) in [7, 11) is -2.00. The second kappa shape index (κ2) is 12.1. The van der Waals surface area contributed by atoms with Crippen LogP contribution in [0.5, 0.6) is 0 Å². The Bertz CT molecular complexity index is 1160. The fourth-order valence-electron chi connectivity index (χ4n) is 4.17. The van der Waals surface area contributed by atoms with Gasteiger partial charge in [-0.05, 0) is 65.6 Å². The van der Waals surface area contributed by atoms with Crippen LogP contribution in [0.25, 0.3) is 11.1 Å². The van der Waals surface area contributed by atoms with Gasteiger partial charge in [-0.25, -0.2) is 17.9 Å². The predicted molar refractivity (Wildman–Crippen MR) is 137 cm³/mol. The molecule has 182 valence electrons. The zero-order valence-electron chi connectivity index (χ0n) is 20.3. The minimum Gasteiger partial charge on any atom is -0.465 e. The van der Waals surface area contributed by atoms with Gasteiger partial charge in [0, 0.05) is 6.54 Å². The first kappa shape index (κ1) is 25.9. The Hall–Kier alpha value is -2.70. The first-order valence-electron chi connectivity index (χ1n) is 12.0. The second-order valence-electron chi connectivity index (χ2n) is 8.95. The van der Waals surface area contributed by atoms with Crippen LogP contribution in [-0.4, -0.2) is 28.0 Å². The number of hydrogen-bond acceptors (Lipinski definition) is 4. The SMILES string of the molecule is COC(=O)c1cc(CCCCCCCNS(=O)(=O)c2ccccc2)c2ccc(C(C)C)ccc1-2. The normalized spacial score (nSPS) is 11.8. The lowest BCUT2D eigenvalue weighted by Crippen LogP contribution is -2.24. The van der Waals surface area contributed by atoms with Gasteiger partial charge in [-0.2, -0.15) is 0 Å². The molecule has 0 aromatic heterocycles. The van der Waals surface area contributed by atoms with E-state index in [9.17, 15) is 13.2 Å². The Balaban J connectivity index is 1.49. The highest BCUT2D eigenvalue weighted by Crippen LogP contribution is 2.34. The molecule has 0 spiro atoms. The van der Waals surface area contributed by atoms with E-state index in [0.29, 0.717) is 22.9 Å². The molecule has 2 aliphatic rings. The minimum atomic E-state index is -3.42. The number of carbonyl (C=O) groups excluding carboxylic acids is 1. The van der Waals surface area contributed by atoms with Crippen LogP contribution in [-0.2, 0) is 21.2 Å². The van der Waals surface area contributed by atoms with Gasteiger partial charge >= 0.3 is 5.97 Å². The van der Waals surface area contributed by atoms with E-state index in [4.69, 9.17) is 4.74 Å². The van der Waals surface area contributed by atoms with Crippen molar-refractivity contribution in [1.82, 2.24) is 4.72 Å². The molecule has 5 nitrogen and oxygen atoms in total. The summed E-state index contributed by atoms with van der Waals surface area (Å²) < 4.78 is 32.2. The third-order valence-electron chi connectivity index (χ3n) is 6.17. The average Bonchev–Trinajstić information content (AvgIpc) is 3.02. The molecule has 0 atom stereocenters. The van der Waals surface area contributed by atoms with Crippen molar-refractivity contribution in [3.05, 3.63) is 77.4 Å². The molecule has 0 saturated carbocycles. The maximum Gasteiger partial charge on any atom is 0.338 e. The second-order valence-corrected chi connectivity index (χ2v) is 10.7. The fourth-order valence-corrected chi connectivity index (χ4v) is 5.26. The van der Waals surface area contributed by atoms with E-state index in [1.165, 1.54) is 18.2 Å². The Labute approximate surface area is 203 Å². The Kier molecular flexibility index (Phi) is 9.25. The van der Waals surface area contributed by atoms with Crippen LogP contribution in [0, 0.1) is 0 Å². The maximum absolute atomic E-state index is 12.3. The molecule has 3 rings (SSSR count). The number of methoxy groups -OCH3 is 1. The van der Waals surface area contributed by atoms with Crippen molar-refractivity contribution >= 4 is 16.0 Å². The molecule has 0 radical (unpaired) electrons. The summed E-state index contributed by atoms with van der Waals surface area (Å²) in [5.41, 5.74) is 5.10. The van der Waals surface area contributed by atoms with Crippen molar-refractivity contribution in [2.45, 2.75) is 63.2 Å². The molecule has 0 fully saturated rings. The van der Waals surface area contributed by atoms with E-state index in [1.54, 1.807) is 30.3 Å². The maximum atomic E-state index is 12.3. The summed E-state index contributed by atoms with van der Waals surface area (Å²) in [6.45, 7) is 4.77. The smallest absolute Gasteiger partial charge is 0.338 e. The summed E-state index contributed by atoms with van der Waals surface area (Å²) in [5.74, 6) is 0.116. The molecule has 6 heteroatoms. The highest BCUT2D eigenvalue weighted by Gasteiger charge is 2.20. The summed E-state index contributed by atoms with van der Waals surface area (Å²) in [6, 6.07) is 18.8. The molecule has 0 bridgehead atoms. The van der Waals surface area contributed by atoms with E-state index in [1.807, 2.05) is 12.1 Å². The summed E-state index contributed by atoms with van der Waals surface area (Å²) in [6.07, 6.45) is 5.80. The Morgan fingerprint density at radius 1 is 0.882 bits per heavy atom. The van der Waals surface area contributed by atoms with Crippen molar-refractivity contribution in [2.24, 2.45) is 0 Å². The van der Waals surface area contributed by atoms with Gasteiger partial charge in [0.25, 0.3) is 0 Å². The van der Waals surface area contributed by atoms with Gasteiger partial charge in [0.15, 0.2) is 0 Å². The molecule has 2 aliphatic carbocycles. The lowest BCUT2D eigenvalue weighted by Gasteiger charge is -2.07. The molecule has 0 unspecified atom stereocenters. The zero-order chi connectivity index (χ0) is 24.6. The first-order valence-corrected chi connectivity index (χ1v) is 13.5. The number of carbonyl (C=O) groups is 1. The van der Waals surface area contributed by atoms with Gasteiger partial charge in [-0.15, -0.1) is 0 Å². The minimum absolute atomic E-state index is 0.300. The van der Waals surface area contributed by atoms with Gasteiger partial charge in [0.05, 0.1) is 17.6 Å². The first-order chi connectivity index (χ1) is 16.3. The number of hydrogen-bond donors (Lipinski definition) is 1. The third-order valence-corrected chi connectivity index (χ3v) is 7.65. The van der Waals surface area contributed by atoms with Crippen molar-refractivity contribution < 1.29 is 17.9 Å². The number of fused-ring (bicyclic) bond motifs is 1. The average molecular weight is 482 g/mol. The molecule has 0 aliphatic heterocycles. The van der Waals surface area contributed by atoms with Crippen LogP contribution in [0.15, 0.2) is 65.6 Å². The largest absolute Gasteiger partial charge is 0.465 e. The number of benzene rings is 1. The standard InChI is InChI=1S/C28H35NO4S/c1-21(2)22-15-17-25-23(20-27(28(30)33-3)26(25)18-16-22)12-8-5-4-6-11-19-29-34(31,32)24-13-9-7-10-14-24/h7,9-10,13-18,20-21,29H,4-6,8,11-12,19H2,1-3H3. The van der Waals surface area contributed by atoms with E-state index >= 15 is 0 Å². The van der Waals surface area contributed by atoms with Crippen molar-refractivity contribution in [1.29, 1.82) is 0 Å². The zero-order valence-corrected chi connectivity index (χ0v) is 21.2. The molecule has 0 heterocycles. The number of esters is 1. The van der Waals surface area contributed by atoms with Crippen LogP contribution in [0.2, 0.25) is 0 Å². The number of rotatable bonds is 12. The Morgan fingerprint density at radius 3 is 2.21 bits per heavy atom. The number of sulfonamides is 1. The number of ether oxygens (including phenoxy) is 1. The van der Waals surface area contributed by atoms with Gasteiger partial charge in [-0.1, -0.05) is 75.6 Å². The molecule has 1 aromatic carbocycles. The molecule has 1 N–H and O–H groups in total. The predicted octanol–water partition coefficient (Wildman–Crippen LogP) is 6.17. The Morgan fingerprint density at radius 2 is 1.53 bits per heavy atom. The van der Waals surface area contributed by atoms with Crippen molar-refractivity contribution in [2.75, 3.05) is 13.7 Å². The van der Waals surface area contributed by atoms with Crippen molar-refractivity contribution in [3.63, 3.8) is 0 Å².